The lowest BCUT2D eigenvalue weighted by Crippen LogP contribution is -2.16. The summed E-state index contributed by atoms with van der Waals surface area (Å²) in [5.74, 6) is 2.11. The van der Waals surface area contributed by atoms with Gasteiger partial charge in [-0.05, 0) is 29.2 Å². The molecule has 270 valence electrons. The van der Waals surface area contributed by atoms with Gasteiger partial charge in [0.1, 0.15) is 18.0 Å². The summed E-state index contributed by atoms with van der Waals surface area (Å²) in [6.07, 6.45) is 16.6. The van der Waals surface area contributed by atoms with E-state index in [1.807, 2.05) is 62.1 Å². The number of aliphatic imine (C=N–C) groups is 2. The highest BCUT2D eigenvalue weighted by Gasteiger charge is 2.19. The predicted octanol–water partition coefficient (Wildman–Crippen LogP) is 9.10. The molecule has 5 rings (SSSR count). The minimum atomic E-state index is 0.132. The molecule has 0 unspecified atom stereocenters. The molecule has 0 N–H and O–H groups in total. The largest absolute Gasteiger partial charge is 0.340 e. The lowest BCUT2D eigenvalue weighted by molar-refractivity contribution is 0.522. The van der Waals surface area contributed by atoms with Crippen LogP contribution in [0, 0.1) is 5.41 Å². The van der Waals surface area contributed by atoms with Crippen molar-refractivity contribution in [2.45, 2.75) is 126 Å². The van der Waals surface area contributed by atoms with Crippen LogP contribution in [0.25, 0.3) is 0 Å². The fourth-order valence-corrected chi connectivity index (χ4v) is 4.20. The lowest BCUT2D eigenvalue weighted by Gasteiger charge is -2.17. The fourth-order valence-electron chi connectivity index (χ4n) is 4.20. The molecule has 0 saturated carbocycles. The smallest absolute Gasteiger partial charge is 0.128 e. The Hall–Kier alpha value is -4.01. The van der Waals surface area contributed by atoms with E-state index in [9.17, 15) is 0 Å². The molecular formula is C40H65N9. The molecule has 0 atom stereocenters. The van der Waals surface area contributed by atoms with Gasteiger partial charge >= 0.3 is 0 Å². The van der Waals surface area contributed by atoms with Gasteiger partial charge in [0.15, 0.2) is 0 Å². The average Bonchev–Trinajstić information content (AvgIpc) is 3.77. The van der Waals surface area contributed by atoms with Gasteiger partial charge in [0.2, 0.25) is 0 Å². The van der Waals surface area contributed by atoms with Crippen LogP contribution in [0.3, 0.4) is 0 Å². The second kappa shape index (κ2) is 18.1. The van der Waals surface area contributed by atoms with Gasteiger partial charge in [0.05, 0.1) is 18.6 Å². The average molecular weight is 672 g/mol. The van der Waals surface area contributed by atoms with Crippen LogP contribution >= 0.6 is 0 Å². The Morgan fingerprint density at radius 3 is 1.39 bits per heavy atom. The van der Waals surface area contributed by atoms with Crippen LogP contribution in [-0.4, -0.2) is 52.6 Å². The van der Waals surface area contributed by atoms with Crippen LogP contribution < -0.4 is 0 Å². The highest BCUT2D eigenvalue weighted by Crippen LogP contribution is 2.21. The van der Waals surface area contributed by atoms with E-state index in [4.69, 9.17) is 0 Å². The van der Waals surface area contributed by atoms with Gasteiger partial charge in [0.25, 0.3) is 0 Å². The number of aromatic nitrogens is 7. The van der Waals surface area contributed by atoms with Crippen molar-refractivity contribution in [1.82, 2.24) is 34.1 Å². The monoisotopic (exact) mass is 672 g/mol. The Morgan fingerprint density at radius 1 is 0.571 bits per heavy atom. The number of rotatable bonds is 0. The van der Waals surface area contributed by atoms with Gasteiger partial charge in [-0.15, -0.1) is 0 Å². The number of imidazole rings is 2. The van der Waals surface area contributed by atoms with Crippen LogP contribution in [0.15, 0.2) is 78.0 Å². The summed E-state index contributed by atoms with van der Waals surface area (Å²) in [5.41, 5.74) is 4.44. The number of nitrogens with zero attached hydrogens (tertiary/aromatic N) is 9. The fraction of sp³-hybridized carbons (Fsp3) is 0.575. The molecule has 0 aromatic carbocycles. The lowest BCUT2D eigenvalue weighted by atomic mass is 9.88. The first-order chi connectivity index (χ1) is 22.3. The van der Waals surface area contributed by atoms with E-state index >= 15 is 0 Å². The first-order valence-corrected chi connectivity index (χ1v) is 17.0. The standard InChI is InChI=1S/C9H13N.2C8H14N2.C8H12N2.C7H12N2/c1-9(2,3)8-4-6-10-7-5-8;1-8(2,3)7-5-10(4)6-9-7;1-8(2,3)7-9-5-6-10(7)4;1-8(2,3)7-4-5-9-6-10-7;1-7(2,3)6-8-4-5-9-6/h4-7H,1-3H3;2*5-6H,1-4H3;4-6H,1-3H3;4H,5H2,1-3H3. The molecule has 4 aromatic heterocycles. The summed E-state index contributed by atoms with van der Waals surface area (Å²) in [4.78, 5) is 28.8. The Kier molecular flexibility index (Phi) is 15.9. The highest BCUT2D eigenvalue weighted by atomic mass is 15.0. The van der Waals surface area contributed by atoms with E-state index in [1.165, 1.54) is 5.56 Å². The molecular weight excluding hydrogens is 607 g/mol. The van der Waals surface area contributed by atoms with Crippen molar-refractivity contribution in [3.63, 3.8) is 0 Å². The topological polar surface area (TPSA) is 99.0 Å². The molecule has 5 heterocycles. The molecule has 0 bridgehead atoms. The summed E-state index contributed by atoms with van der Waals surface area (Å²) in [7, 11) is 4.01. The molecule has 1 aliphatic heterocycles. The molecule has 0 fully saturated rings. The number of amidine groups is 1. The van der Waals surface area contributed by atoms with E-state index in [0.29, 0.717) is 0 Å². The number of hydrogen-bond donors (Lipinski definition) is 0. The van der Waals surface area contributed by atoms with Crippen LogP contribution in [0.2, 0.25) is 0 Å². The molecule has 0 aliphatic carbocycles. The van der Waals surface area contributed by atoms with Gasteiger partial charge in [-0.2, -0.15) is 0 Å². The zero-order valence-electron chi connectivity index (χ0n) is 33.7. The maximum atomic E-state index is 4.25. The molecule has 0 amide bonds. The van der Waals surface area contributed by atoms with Crippen molar-refractivity contribution < 1.29 is 0 Å². The highest BCUT2D eigenvalue weighted by molar-refractivity contribution is 5.97. The van der Waals surface area contributed by atoms with Gasteiger partial charge in [-0.25, -0.2) is 24.9 Å². The number of aryl methyl sites for hydroxylation is 2. The molecule has 1 aliphatic rings. The van der Waals surface area contributed by atoms with Crippen LogP contribution in [0.4, 0.5) is 0 Å². The van der Waals surface area contributed by atoms with E-state index in [0.717, 1.165) is 29.6 Å². The molecule has 9 heteroatoms. The van der Waals surface area contributed by atoms with Crippen LogP contribution in [-0.2, 0) is 35.8 Å². The number of hydrogen-bond acceptors (Lipinski definition) is 7. The number of pyridine rings is 1. The third-order valence-corrected chi connectivity index (χ3v) is 7.07. The third-order valence-electron chi connectivity index (χ3n) is 7.07. The Morgan fingerprint density at radius 2 is 1.14 bits per heavy atom. The molecule has 49 heavy (non-hydrogen) atoms. The third kappa shape index (κ3) is 16.8. The summed E-state index contributed by atoms with van der Waals surface area (Å²) in [6, 6.07) is 6.06. The Labute approximate surface area is 297 Å². The van der Waals surface area contributed by atoms with Gasteiger partial charge < -0.3 is 9.13 Å². The van der Waals surface area contributed by atoms with E-state index in [2.05, 4.69) is 162 Å². The van der Waals surface area contributed by atoms with Gasteiger partial charge in [-0.3, -0.25) is 9.98 Å². The normalized spacial score (nSPS) is 13.0. The minimum Gasteiger partial charge on any atom is -0.340 e. The summed E-state index contributed by atoms with van der Waals surface area (Å²) < 4.78 is 4.03. The van der Waals surface area contributed by atoms with Crippen LogP contribution in [0.5, 0.6) is 0 Å². The van der Waals surface area contributed by atoms with E-state index in [1.54, 1.807) is 12.5 Å². The summed E-state index contributed by atoms with van der Waals surface area (Å²) in [6.45, 7) is 33.1. The van der Waals surface area contributed by atoms with Crippen molar-refractivity contribution in [3.8, 4) is 0 Å². The van der Waals surface area contributed by atoms with E-state index < -0.39 is 0 Å². The molecule has 0 spiro atoms. The Bertz CT molecular complexity index is 1490. The van der Waals surface area contributed by atoms with Crippen LogP contribution in [0.1, 0.15) is 127 Å². The SMILES string of the molecule is CC(C)(C)C1=NCC=N1.CC(C)(C)c1ccncc1.CC(C)(C)c1ccncn1.Cn1ccnc1C(C)(C)C.Cn1cnc(C(C)(C)C)c1. The van der Waals surface area contributed by atoms with E-state index in [-0.39, 0.29) is 27.1 Å². The van der Waals surface area contributed by atoms with Crippen molar-refractivity contribution in [3.05, 3.63) is 90.8 Å². The molecule has 9 nitrogen and oxygen atoms in total. The van der Waals surface area contributed by atoms with Crippen molar-refractivity contribution in [2.24, 2.45) is 29.5 Å². The van der Waals surface area contributed by atoms with Crippen molar-refractivity contribution >= 4 is 12.1 Å². The Balaban J connectivity index is 0.000000306. The van der Waals surface area contributed by atoms with Gasteiger partial charge in [-0.1, -0.05) is 104 Å². The quantitative estimate of drug-likeness (QED) is 0.186. The zero-order chi connectivity index (χ0) is 37.7. The zero-order valence-corrected chi connectivity index (χ0v) is 33.7. The van der Waals surface area contributed by atoms with Crippen molar-refractivity contribution in [2.75, 3.05) is 6.54 Å². The second-order valence-corrected chi connectivity index (χ2v) is 17.3. The molecule has 4 aromatic rings. The molecule has 0 radical (unpaired) electrons. The summed E-state index contributed by atoms with van der Waals surface area (Å²) in [5, 5.41) is 0. The van der Waals surface area contributed by atoms with Gasteiger partial charge in [0, 0.05) is 84.8 Å². The summed E-state index contributed by atoms with van der Waals surface area (Å²) >= 11 is 0. The second-order valence-electron chi connectivity index (χ2n) is 17.3. The first kappa shape index (κ1) is 43.0. The maximum Gasteiger partial charge on any atom is 0.128 e. The molecule has 0 saturated heterocycles. The minimum absolute atomic E-state index is 0.132. The predicted molar refractivity (Wildman–Crippen MR) is 208 cm³/mol. The van der Waals surface area contributed by atoms with Crippen molar-refractivity contribution in [1.29, 1.82) is 0 Å². The maximum absolute atomic E-state index is 4.25. The first-order valence-electron chi connectivity index (χ1n) is 17.0.